The Bertz CT molecular complexity index is 1130. The number of hydrogen-bond donors (Lipinski definition) is 2. The molecule has 0 aliphatic carbocycles. The van der Waals surface area contributed by atoms with Gasteiger partial charge in [-0.1, -0.05) is 18.2 Å². The largest absolute Gasteiger partial charge is 0.494 e. The van der Waals surface area contributed by atoms with E-state index in [1.165, 1.54) is 6.08 Å². The van der Waals surface area contributed by atoms with Crippen molar-refractivity contribution in [2.24, 2.45) is 0 Å². The summed E-state index contributed by atoms with van der Waals surface area (Å²) in [7, 11) is 0. The zero-order valence-corrected chi connectivity index (χ0v) is 20.1. The van der Waals surface area contributed by atoms with Crippen molar-refractivity contribution in [3.63, 3.8) is 0 Å². The lowest BCUT2D eigenvalue weighted by molar-refractivity contribution is -0.131. The number of carbonyl (C=O) groups excluding carboxylic acids is 2. The first kappa shape index (κ1) is 24.8. The van der Waals surface area contributed by atoms with E-state index in [0.29, 0.717) is 24.7 Å². The molecule has 2 amide bonds. The van der Waals surface area contributed by atoms with Gasteiger partial charge in [0, 0.05) is 17.0 Å². The molecule has 0 bridgehead atoms. The van der Waals surface area contributed by atoms with Crippen molar-refractivity contribution in [1.82, 2.24) is 15.8 Å². The molecule has 1 aromatic heterocycles. The van der Waals surface area contributed by atoms with Crippen molar-refractivity contribution < 1.29 is 23.8 Å². The average molecular weight is 482 g/mol. The van der Waals surface area contributed by atoms with Gasteiger partial charge in [-0.15, -0.1) is 11.3 Å². The molecule has 0 aliphatic heterocycles. The molecule has 0 saturated heterocycles. The van der Waals surface area contributed by atoms with E-state index in [9.17, 15) is 9.59 Å². The highest BCUT2D eigenvalue weighted by Gasteiger charge is 2.15. The molecule has 2 N–H and O–H groups in total. The second-order valence-corrected chi connectivity index (χ2v) is 8.22. The molecule has 1 unspecified atom stereocenters. The van der Waals surface area contributed by atoms with Gasteiger partial charge < -0.3 is 14.2 Å². The zero-order chi connectivity index (χ0) is 24.3. The molecule has 8 nitrogen and oxygen atoms in total. The van der Waals surface area contributed by atoms with Gasteiger partial charge in [0.05, 0.1) is 17.3 Å². The lowest BCUT2D eigenvalue weighted by atomic mass is 10.2. The summed E-state index contributed by atoms with van der Waals surface area (Å²) in [6, 6.07) is 14.3. The van der Waals surface area contributed by atoms with Crippen LogP contribution in [-0.2, 0) is 16.2 Å². The minimum atomic E-state index is -0.814. The fourth-order valence-electron chi connectivity index (χ4n) is 2.85. The van der Waals surface area contributed by atoms with E-state index in [2.05, 4.69) is 15.8 Å². The van der Waals surface area contributed by atoms with Crippen LogP contribution < -0.4 is 25.1 Å². The zero-order valence-electron chi connectivity index (χ0n) is 19.2. The van der Waals surface area contributed by atoms with Crippen molar-refractivity contribution >= 4 is 29.2 Å². The average Bonchev–Trinajstić information content (AvgIpc) is 3.26. The number of carbonyl (C=O) groups is 2. The van der Waals surface area contributed by atoms with Crippen LogP contribution >= 0.6 is 11.3 Å². The normalized spacial score (nSPS) is 11.6. The number of aryl methyl sites for hydroxylation is 1. The first-order valence-electron chi connectivity index (χ1n) is 10.7. The van der Waals surface area contributed by atoms with Crippen molar-refractivity contribution in [2.75, 3.05) is 6.61 Å². The van der Waals surface area contributed by atoms with E-state index in [4.69, 9.17) is 14.2 Å². The summed E-state index contributed by atoms with van der Waals surface area (Å²) in [5.74, 6) is 0.876. The molecule has 9 heteroatoms. The number of rotatable bonds is 10. The van der Waals surface area contributed by atoms with Crippen molar-refractivity contribution in [3.05, 3.63) is 76.3 Å². The molecule has 1 heterocycles. The van der Waals surface area contributed by atoms with E-state index in [1.807, 2.05) is 43.5 Å². The number of nitrogens with one attached hydrogen (secondary N) is 2. The molecule has 34 heavy (non-hydrogen) atoms. The van der Waals surface area contributed by atoms with Crippen LogP contribution in [0.3, 0.4) is 0 Å². The maximum Gasteiger partial charge on any atom is 0.279 e. The fourth-order valence-corrected chi connectivity index (χ4v) is 3.44. The van der Waals surface area contributed by atoms with Crippen LogP contribution in [-0.4, -0.2) is 29.5 Å². The lowest BCUT2D eigenvalue weighted by Gasteiger charge is -2.15. The van der Waals surface area contributed by atoms with Crippen LogP contribution in [0.15, 0.2) is 60.0 Å². The predicted molar refractivity (Wildman–Crippen MR) is 131 cm³/mol. The molecule has 3 rings (SSSR count). The second kappa shape index (κ2) is 12.4. The number of thiazole rings is 1. The number of aromatic nitrogens is 1. The minimum absolute atomic E-state index is 0.337. The number of nitrogens with zero attached hydrogens (tertiary/aromatic N) is 1. The van der Waals surface area contributed by atoms with Gasteiger partial charge in [-0.2, -0.15) is 0 Å². The van der Waals surface area contributed by atoms with Crippen LogP contribution in [0.1, 0.15) is 30.1 Å². The molecule has 0 fully saturated rings. The quantitative estimate of drug-likeness (QED) is 0.335. The summed E-state index contributed by atoms with van der Waals surface area (Å²) in [5.41, 5.74) is 6.28. The third kappa shape index (κ3) is 7.63. The van der Waals surface area contributed by atoms with Gasteiger partial charge in [-0.05, 0) is 57.2 Å². The van der Waals surface area contributed by atoms with Crippen LogP contribution in [0.4, 0.5) is 0 Å². The second-order valence-electron chi connectivity index (χ2n) is 7.16. The Balaban J connectivity index is 1.47. The molecule has 178 valence electrons. The molecule has 0 spiro atoms. The van der Waals surface area contributed by atoms with Crippen LogP contribution in [0, 0.1) is 6.92 Å². The van der Waals surface area contributed by atoms with E-state index >= 15 is 0 Å². The molecule has 3 aromatic rings. The number of hydrogen-bond acceptors (Lipinski definition) is 7. The molecule has 0 radical (unpaired) electrons. The number of benzene rings is 2. The first-order valence-corrected chi connectivity index (χ1v) is 11.6. The standard InChI is InChI=1S/C25H27N3O5S/c1-4-31-21-10-12-22(13-11-21)33-17(2)25(30)28-27-24(29)14-9-19-7-5-6-8-23(19)32-15-20-16-34-18(3)26-20/h5-14,16-17H,4,15H2,1-3H3,(H,27,29)(H,28,30)/b14-9+. The van der Waals surface area contributed by atoms with Gasteiger partial charge in [0.15, 0.2) is 6.10 Å². The summed E-state index contributed by atoms with van der Waals surface area (Å²) in [5, 5.41) is 2.93. The summed E-state index contributed by atoms with van der Waals surface area (Å²) in [6.07, 6.45) is 2.11. The van der Waals surface area contributed by atoms with Gasteiger partial charge in [-0.3, -0.25) is 20.4 Å². The maximum absolute atomic E-state index is 12.2. The Morgan fingerprint density at radius 3 is 2.50 bits per heavy atom. The summed E-state index contributed by atoms with van der Waals surface area (Å²) in [4.78, 5) is 28.8. The highest BCUT2D eigenvalue weighted by Crippen LogP contribution is 2.21. The van der Waals surface area contributed by atoms with Gasteiger partial charge in [-0.25, -0.2) is 4.98 Å². The Labute approximate surface area is 202 Å². The predicted octanol–water partition coefficient (Wildman–Crippen LogP) is 4.06. The number of ether oxygens (including phenoxy) is 3. The van der Waals surface area contributed by atoms with Crippen LogP contribution in [0.2, 0.25) is 0 Å². The molecule has 2 aromatic carbocycles. The number of para-hydroxylation sites is 1. The van der Waals surface area contributed by atoms with Gasteiger partial charge >= 0.3 is 0 Å². The monoisotopic (exact) mass is 481 g/mol. The smallest absolute Gasteiger partial charge is 0.279 e. The number of amides is 2. The summed E-state index contributed by atoms with van der Waals surface area (Å²) in [6.45, 7) is 6.33. The number of hydrazine groups is 1. The van der Waals surface area contributed by atoms with Crippen molar-refractivity contribution in [2.45, 2.75) is 33.5 Å². The van der Waals surface area contributed by atoms with Gasteiger partial charge in [0.2, 0.25) is 0 Å². The first-order chi connectivity index (χ1) is 16.4. The summed E-state index contributed by atoms with van der Waals surface area (Å²) >= 11 is 1.56. The maximum atomic E-state index is 12.2. The van der Waals surface area contributed by atoms with Gasteiger partial charge in [0.1, 0.15) is 23.9 Å². The molecule has 1 atom stereocenters. The molecular weight excluding hydrogens is 454 g/mol. The Kier molecular flexibility index (Phi) is 9.04. The fraction of sp³-hybridized carbons (Fsp3) is 0.240. The molecular formula is C25H27N3O5S. The highest BCUT2D eigenvalue weighted by molar-refractivity contribution is 7.09. The molecule has 0 saturated carbocycles. The van der Waals surface area contributed by atoms with E-state index in [1.54, 1.807) is 48.6 Å². The van der Waals surface area contributed by atoms with Gasteiger partial charge in [0.25, 0.3) is 11.8 Å². The van der Waals surface area contributed by atoms with Crippen LogP contribution in [0.5, 0.6) is 17.2 Å². The van der Waals surface area contributed by atoms with E-state index in [-0.39, 0.29) is 0 Å². The highest BCUT2D eigenvalue weighted by atomic mass is 32.1. The lowest BCUT2D eigenvalue weighted by Crippen LogP contribution is -2.46. The van der Waals surface area contributed by atoms with Crippen LogP contribution in [0.25, 0.3) is 6.08 Å². The topological polar surface area (TPSA) is 98.8 Å². The third-order valence-electron chi connectivity index (χ3n) is 4.50. The van der Waals surface area contributed by atoms with Crippen molar-refractivity contribution in [1.29, 1.82) is 0 Å². The Hall–Kier alpha value is -3.85. The SMILES string of the molecule is CCOc1ccc(OC(C)C(=O)NNC(=O)/C=C/c2ccccc2OCc2csc(C)n2)cc1. The summed E-state index contributed by atoms with van der Waals surface area (Å²) < 4.78 is 16.8. The van der Waals surface area contributed by atoms with Crippen molar-refractivity contribution in [3.8, 4) is 17.2 Å². The molecule has 0 aliphatic rings. The third-order valence-corrected chi connectivity index (χ3v) is 5.32. The Morgan fingerprint density at radius 1 is 1.06 bits per heavy atom. The van der Waals surface area contributed by atoms with E-state index in [0.717, 1.165) is 22.0 Å². The minimum Gasteiger partial charge on any atom is -0.494 e. The van der Waals surface area contributed by atoms with E-state index < -0.39 is 17.9 Å². The Morgan fingerprint density at radius 2 is 1.79 bits per heavy atom.